The smallest absolute Gasteiger partial charge is 0.313 e. The van der Waals surface area contributed by atoms with Crippen LogP contribution in [0.3, 0.4) is 0 Å². The van der Waals surface area contributed by atoms with Crippen LogP contribution < -0.4 is 11.1 Å². The van der Waals surface area contributed by atoms with E-state index in [-0.39, 0.29) is 19.7 Å². The largest absolute Gasteiger partial charge is 0.395 e. The Labute approximate surface area is 145 Å². The van der Waals surface area contributed by atoms with Gasteiger partial charge in [-0.3, -0.25) is 14.4 Å². The lowest BCUT2D eigenvalue weighted by molar-refractivity contribution is -0.143. The third kappa shape index (κ3) is 5.15. The summed E-state index contributed by atoms with van der Waals surface area (Å²) in [6, 6.07) is 15.1. The number of aliphatic hydroxyl groups excluding tert-OH is 1. The first-order valence-electron chi connectivity index (χ1n) is 7.66. The van der Waals surface area contributed by atoms with Crippen molar-refractivity contribution in [2.45, 2.75) is 6.54 Å². The Morgan fingerprint density at radius 3 is 2.20 bits per heavy atom. The van der Waals surface area contributed by atoms with Gasteiger partial charge in [0.2, 0.25) is 5.91 Å². The highest BCUT2D eigenvalue weighted by atomic mass is 16.3. The van der Waals surface area contributed by atoms with Crippen molar-refractivity contribution in [1.29, 1.82) is 0 Å². The van der Waals surface area contributed by atoms with E-state index in [2.05, 4.69) is 5.32 Å². The molecule has 4 N–H and O–H groups in total. The van der Waals surface area contributed by atoms with Gasteiger partial charge in [-0.2, -0.15) is 0 Å². The fourth-order valence-electron chi connectivity index (χ4n) is 2.22. The molecule has 0 heterocycles. The molecule has 2 rings (SSSR count). The normalized spacial score (nSPS) is 10.1. The standard InChI is InChI=1S/C18H19N3O4/c19-16(23)14-6-8-15(9-7-14)20-17(24)18(25)21(10-11-22)12-13-4-2-1-3-5-13/h1-9,22H,10-12H2,(H2,19,23)(H,20,24). The number of anilines is 1. The van der Waals surface area contributed by atoms with Gasteiger partial charge in [-0.05, 0) is 29.8 Å². The first-order valence-corrected chi connectivity index (χ1v) is 7.66. The fourth-order valence-corrected chi connectivity index (χ4v) is 2.22. The van der Waals surface area contributed by atoms with Crippen LogP contribution in [0.4, 0.5) is 5.69 Å². The molecule has 7 nitrogen and oxygen atoms in total. The maximum atomic E-state index is 12.3. The summed E-state index contributed by atoms with van der Waals surface area (Å²) in [4.78, 5) is 36.8. The van der Waals surface area contributed by atoms with Gasteiger partial charge in [0, 0.05) is 24.3 Å². The van der Waals surface area contributed by atoms with Crippen LogP contribution in [0, 0.1) is 0 Å². The number of aliphatic hydroxyl groups is 1. The molecular weight excluding hydrogens is 322 g/mol. The first-order chi connectivity index (χ1) is 12.0. The van der Waals surface area contributed by atoms with E-state index in [0.29, 0.717) is 11.3 Å². The zero-order valence-corrected chi connectivity index (χ0v) is 13.5. The van der Waals surface area contributed by atoms with Crippen LogP contribution in [0.5, 0.6) is 0 Å². The van der Waals surface area contributed by atoms with Crippen molar-refractivity contribution >= 4 is 23.4 Å². The average molecular weight is 341 g/mol. The van der Waals surface area contributed by atoms with E-state index in [9.17, 15) is 14.4 Å². The van der Waals surface area contributed by atoms with Gasteiger partial charge in [-0.25, -0.2) is 0 Å². The molecule has 25 heavy (non-hydrogen) atoms. The molecule has 0 aliphatic heterocycles. The third-order valence-corrected chi connectivity index (χ3v) is 3.49. The first kappa shape index (κ1) is 18.2. The number of nitrogens with one attached hydrogen (secondary N) is 1. The molecule has 7 heteroatoms. The molecule has 2 aromatic carbocycles. The second-order valence-electron chi connectivity index (χ2n) is 5.33. The summed E-state index contributed by atoms with van der Waals surface area (Å²) in [6.07, 6.45) is 0. The molecule has 3 amide bonds. The van der Waals surface area contributed by atoms with E-state index in [4.69, 9.17) is 10.8 Å². The lowest BCUT2D eigenvalue weighted by Gasteiger charge is -2.21. The van der Waals surface area contributed by atoms with Crippen molar-refractivity contribution < 1.29 is 19.5 Å². The number of hydrogen-bond donors (Lipinski definition) is 3. The minimum absolute atomic E-state index is 0.0434. The van der Waals surface area contributed by atoms with Crippen molar-refractivity contribution in [2.75, 3.05) is 18.5 Å². The Morgan fingerprint density at radius 1 is 1.00 bits per heavy atom. The Balaban J connectivity index is 2.04. The molecule has 2 aromatic rings. The number of benzene rings is 2. The van der Waals surface area contributed by atoms with Gasteiger partial charge >= 0.3 is 11.8 Å². The topological polar surface area (TPSA) is 113 Å². The molecule has 0 saturated heterocycles. The van der Waals surface area contributed by atoms with E-state index < -0.39 is 17.7 Å². The van der Waals surface area contributed by atoms with Gasteiger partial charge in [-0.1, -0.05) is 30.3 Å². The average Bonchev–Trinajstić information content (AvgIpc) is 2.62. The highest BCUT2D eigenvalue weighted by molar-refractivity contribution is 6.39. The van der Waals surface area contributed by atoms with Gasteiger partial charge in [0.1, 0.15) is 0 Å². The number of nitrogens with two attached hydrogens (primary N) is 1. The second kappa shape index (κ2) is 8.60. The lowest BCUT2D eigenvalue weighted by Crippen LogP contribution is -2.40. The molecule has 0 bridgehead atoms. The van der Waals surface area contributed by atoms with Crippen LogP contribution in [0.2, 0.25) is 0 Å². The number of carbonyl (C=O) groups excluding carboxylic acids is 3. The van der Waals surface area contributed by atoms with Crippen molar-refractivity contribution in [3.05, 3.63) is 65.7 Å². The van der Waals surface area contributed by atoms with Gasteiger partial charge in [-0.15, -0.1) is 0 Å². The summed E-state index contributed by atoms with van der Waals surface area (Å²) >= 11 is 0. The van der Waals surface area contributed by atoms with Crippen molar-refractivity contribution in [3.63, 3.8) is 0 Å². The van der Waals surface area contributed by atoms with Crippen molar-refractivity contribution in [1.82, 2.24) is 4.90 Å². The molecule has 0 aromatic heterocycles. The quantitative estimate of drug-likeness (QED) is 0.673. The number of hydrogen-bond acceptors (Lipinski definition) is 4. The SMILES string of the molecule is NC(=O)c1ccc(NC(=O)C(=O)N(CCO)Cc2ccccc2)cc1. The molecule has 0 atom stereocenters. The molecule has 0 radical (unpaired) electrons. The fraction of sp³-hybridized carbons (Fsp3) is 0.167. The number of carbonyl (C=O) groups is 3. The Hall–Kier alpha value is -3.19. The van der Waals surface area contributed by atoms with Crippen LogP contribution >= 0.6 is 0 Å². The number of primary amides is 1. The predicted molar refractivity (Wildman–Crippen MR) is 92.5 cm³/mol. The predicted octanol–water partition coefficient (Wildman–Crippen LogP) is 0.745. The lowest BCUT2D eigenvalue weighted by atomic mass is 10.2. The molecule has 0 aliphatic rings. The molecule has 0 spiro atoms. The van der Waals surface area contributed by atoms with Crippen LogP contribution in [-0.4, -0.2) is 40.9 Å². The van der Waals surface area contributed by atoms with Crippen LogP contribution in [0.15, 0.2) is 54.6 Å². The maximum Gasteiger partial charge on any atom is 0.313 e. The summed E-state index contributed by atoms with van der Waals surface area (Å²) in [5.74, 6) is -2.15. The van der Waals surface area contributed by atoms with E-state index in [1.54, 1.807) is 0 Å². The third-order valence-electron chi connectivity index (χ3n) is 3.49. The molecule has 0 unspecified atom stereocenters. The highest BCUT2D eigenvalue weighted by Crippen LogP contribution is 2.10. The van der Waals surface area contributed by atoms with Gasteiger partial charge in [0.15, 0.2) is 0 Å². The number of amides is 3. The Kier molecular flexibility index (Phi) is 6.25. The minimum Gasteiger partial charge on any atom is -0.395 e. The number of rotatable bonds is 6. The van der Waals surface area contributed by atoms with Crippen LogP contribution in [-0.2, 0) is 16.1 Å². The highest BCUT2D eigenvalue weighted by Gasteiger charge is 2.21. The van der Waals surface area contributed by atoms with E-state index in [1.807, 2.05) is 30.3 Å². The molecular formula is C18H19N3O4. The zero-order valence-electron chi connectivity index (χ0n) is 13.5. The van der Waals surface area contributed by atoms with Crippen molar-refractivity contribution in [2.24, 2.45) is 5.73 Å². The summed E-state index contributed by atoms with van der Waals surface area (Å²) in [7, 11) is 0. The maximum absolute atomic E-state index is 12.3. The summed E-state index contributed by atoms with van der Waals surface area (Å²) < 4.78 is 0. The van der Waals surface area contributed by atoms with E-state index >= 15 is 0 Å². The van der Waals surface area contributed by atoms with Gasteiger partial charge in [0.25, 0.3) is 0 Å². The van der Waals surface area contributed by atoms with Gasteiger partial charge in [0.05, 0.1) is 6.61 Å². The summed E-state index contributed by atoms with van der Waals surface area (Å²) in [5, 5.41) is 11.6. The minimum atomic E-state index is -0.823. The Morgan fingerprint density at radius 2 is 1.64 bits per heavy atom. The van der Waals surface area contributed by atoms with Crippen LogP contribution in [0.25, 0.3) is 0 Å². The summed E-state index contributed by atoms with van der Waals surface area (Å²) in [5.41, 5.74) is 6.67. The molecule has 130 valence electrons. The number of nitrogens with zero attached hydrogens (tertiary/aromatic N) is 1. The van der Waals surface area contributed by atoms with Gasteiger partial charge < -0.3 is 21.1 Å². The van der Waals surface area contributed by atoms with E-state index in [1.165, 1.54) is 29.2 Å². The summed E-state index contributed by atoms with van der Waals surface area (Å²) in [6.45, 7) is 0.00912. The second-order valence-corrected chi connectivity index (χ2v) is 5.33. The molecule has 0 fully saturated rings. The zero-order chi connectivity index (χ0) is 18.2. The van der Waals surface area contributed by atoms with E-state index in [0.717, 1.165) is 5.56 Å². The molecule has 0 aliphatic carbocycles. The monoisotopic (exact) mass is 341 g/mol. The van der Waals surface area contributed by atoms with Crippen molar-refractivity contribution in [3.8, 4) is 0 Å². The molecule has 0 saturated carbocycles. The Bertz CT molecular complexity index is 745. The van der Waals surface area contributed by atoms with Crippen LogP contribution in [0.1, 0.15) is 15.9 Å².